The van der Waals surface area contributed by atoms with Crippen LogP contribution in [0.5, 0.6) is 0 Å². The molecule has 5 atom stereocenters. The van der Waals surface area contributed by atoms with E-state index in [-0.39, 0.29) is 42.0 Å². The third kappa shape index (κ3) is 5.52. The number of carbonyl (C=O) groups excluding carboxylic acids is 1. The Morgan fingerprint density at radius 1 is 1.41 bits per heavy atom. The van der Waals surface area contributed by atoms with E-state index in [1.54, 1.807) is 20.8 Å². The molecule has 190 valence electrons. The molecule has 3 heterocycles. The zero-order chi connectivity index (χ0) is 25.4. The molecular weight excluding hydrogens is 472 g/mol. The second-order valence-corrected chi connectivity index (χ2v) is 9.64. The molecule has 1 fully saturated rings. The van der Waals surface area contributed by atoms with E-state index in [4.69, 9.17) is 25.8 Å². The van der Waals surface area contributed by atoms with Gasteiger partial charge in [0.05, 0.1) is 24.2 Å². The van der Waals surface area contributed by atoms with Crippen LogP contribution in [0, 0.1) is 0 Å². The predicted octanol–water partition coefficient (Wildman–Crippen LogP) is -1.67. The van der Waals surface area contributed by atoms with E-state index < -0.39 is 46.8 Å². The molecule has 1 aliphatic rings. The highest BCUT2D eigenvalue weighted by molar-refractivity contribution is 7.81. The largest absolute Gasteiger partial charge is 0.387 e. The molecule has 9 N–H and O–H groups in total. The molecule has 2 aromatic rings. The van der Waals surface area contributed by atoms with Crippen LogP contribution in [-0.2, 0) is 14.3 Å². The van der Waals surface area contributed by atoms with Crippen LogP contribution in [0.4, 0.5) is 5.82 Å². The molecule has 3 rings (SSSR count). The van der Waals surface area contributed by atoms with E-state index in [1.165, 1.54) is 10.8 Å². The molecule has 0 saturated carbocycles. The van der Waals surface area contributed by atoms with Gasteiger partial charge in [-0.2, -0.15) is 10.5 Å². The van der Waals surface area contributed by atoms with Crippen molar-refractivity contribution in [1.82, 2.24) is 20.0 Å². The van der Waals surface area contributed by atoms with Crippen molar-refractivity contribution >= 4 is 35.4 Å². The minimum Gasteiger partial charge on any atom is -0.387 e. The van der Waals surface area contributed by atoms with Gasteiger partial charge >= 0.3 is 5.69 Å². The highest BCUT2D eigenvalue weighted by Crippen LogP contribution is 2.34. The lowest BCUT2D eigenvalue weighted by Crippen LogP contribution is -2.51. The molecule has 5 unspecified atom stereocenters. The van der Waals surface area contributed by atoms with Gasteiger partial charge in [-0.1, -0.05) is 6.92 Å². The first kappa shape index (κ1) is 26.4. The van der Waals surface area contributed by atoms with Gasteiger partial charge in [-0.3, -0.25) is 14.6 Å². The van der Waals surface area contributed by atoms with E-state index in [1.807, 2.05) is 0 Å². The third-order valence-electron chi connectivity index (χ3n) is 5.30. The van der Waals surface area contributed by atoms with Gasteiger partial charge in [-0.25, -0.2) is 4.79 Å². The summed E-state index contributed by atoms with van der Waals surface area (Å²) in [6, 6.07) is 0. The van der Waals surface area contributed by atoms with Crippen LogP contribution in [0.1, 0.15) is 43.8 Å². The molecule has 34 heavy (non-hydrogen) atoms. The number of aromatic amines is 1. The maximum absolute atomic E-state index is 11.9. The fraction of sp³-hybridized carbons (Fsp3) is 0.632. The molecule has 0 spiro atoms. The van der Waals surface area contributed by atoms with Crippen molar-refractivity contribution < 1.29 is 34.4 Å². The Hall–Kier alpha value is -2.24. The Kier molecular flexibility index (Phi) is 7.59. The molecule has 1 amide bonds. The van der Waals surface area contributed by atoms with Crippen molar-refractivity contribution in [2.24, 2.45) is 5.73 Å². The second-order valence-electron chi connectivity index (χ2n) is 8.57. The van der Waals surface area contributed by atoms with Crippen molar-refractivity contribution in [3.05, 3.63) is 22.2 Å². The topological polar surface area (TPSA) is 220 Å². The van der Waals surface area contributed by atoms with Crippen LogP contribution in [0.15, 0.2) is 11.0 Å². The average molecular weight is 503 g/mol. The smallest absolute Gasteiger partial charge is 0.348 e. The lowest BCUT2D eigenvalue weighted by atomic mass is 10.1. The summed E-state index contributed by atoms with van der Waals surface area (Å²) in [7, 11) is 0. The molecule has 1 aliphatic heterocycles. The number of ether oxygens (including phenoxy) is 2. The zero-order valence-electron chi connectivity index (χ0n) is 18.9. The third-order valence-corrected chi connectivity index (χ3v) is 5.39. The second kappa shape index (κ2) is 9.79. The lowest BCUT2D eigenvalue weighted by molar-refractivity contribution is -0.189. The number of nitrogens with two attached hydrogens (primary N) is 2. The quantitative estimate of drug-likeness (QED) is 0.104. The number of thiol groups is 1. The molecule has 1 saturated heterocycles. The Morgan fingerprint density at radius 2 is 2.09 bits per heavy atom. The number of primary amides is 1. The van der Waals surface area contributed by atoms with Crippen LogP contribution >= 0.6 is 12.6 Å². The number of hydrogen-bond donors (Lipinski definition) is 8. The summed E-state index contributed by atoms with van der Waals surface area (Å²) in [5.74, 6) is -0.969. The molecule has 0 aliphatic carbocycles. The van der Waals surface area contributed by atoms with Crippen LogP contribution < -0.4 is 22.6 Å². The van der Waals surface area contributed by atoms with Gasteiger partial charge in [0.1, 0.15) is 29.1 Å². The average Bonchev–Trinajstić information content (AvgIpc) is 3.25. The molecule has 0 bridgehead atoms. The molecule has 0 aromatic carbocycles. The van der Waals surface area contributed by atoms with Crippen molar-refractivity contribution in [3.8, 4) is 0 Å². The van der Waals surface area contributed by atoms with E-state index >= 15 is 0 Å². The number of carbonyl (C=O) groups is 1. The number of fused-ring (bicyclic) bond motifs is 1. The van der Waals surface area contributed by atoms with Gasteiger partial charge in [-0.15, -0.1) is 12.6 Å². The summed E-state index contributed by atoms with van der Waals surface area (Å²) in [5.41, 5.74) is 11.3. The molecule has 2 aromatic heterocycles. The van der Waals surface area contributed by atoms with Crippen molar-refractivity contribution in [1.29, 1.82) is 0 Å². The lowest BCUT2D eigenvalue weighted by Gasteiger charge is -2.31. The number of rotatable bonds is 10. The Morgan fingerprint density at radius 3 is 2.68 bits per heavy atom. The van der Waals surface area contributed by atoms with Crippen LogP contribution in [0.3, 0.4) is 0 Å². The Balaban J connectivity index is 1.76. The standard InChI is InChI=1S/C19H30N6O8S/c1-4-19(30,24-33-18(2,3)34)7-31-6-9-11(26)12(27)16(32-9)25-5-8(14(21)28)10-13(20)22-17(29)23-15(10)25/h5,9,11-12,16,24,26-27,30,34H,4,6-7H2,1-3H3,(H2,21,28)(H3,20,22,23,29). The van der Waals surface area contributed by atoms with E-state index in [0.29, 0.717) is 0 Å². The summed E-state index contributed by atoms with van der Waals surface area (Å²) in [4.78, 5) is 34.3. The number of aromatic nitrogens is 3. The van der Waals surface area contributed by atoms with Crippen LogP contribution in [0.2, 0.25) is 0 Å². The summed E-state index contributed by atoms with van der Waals surface area (Å²) < 4.78 is 12.5. The van der Waals surface area contributed by atoms with Crippen molar-refractivity contribution in [2.75, 3.05) is 18.9 Å². The van der Waals surface area contributed by atoms with Crippen molar-refractivity contribution in [2.45, 2.75) is 62.4 Å². The minimum absolute atomic E-state index is 0.0487. The zero-order valence-corrected chi connectivity index (χ0v) is 19.8. The summed E-state index contributed by atoms with van der Waals surface area (Å²) >= 11 is 4.20. The van der Waals surface area contributed by atoms with Gasteiger partial charge in [0.15, 0.2) is 17.6 Å². The first-order valence-corrected chi connectivity index (χ1v) is 10.9. The highest BCUT2D eigenvalue weighted by atomic mass is 32.1. The van der Waals surface area contributed by atoms with Crippen LogP contribution in [-0.4, -0.2) is 77.9 Å². The number of aliphatic hydroxyl groups excluding tert-OH is 2. The maximum Gasteiger partial charge on any atom is 0.348 e. The normalized spacial score (nSPS) is 25.0. The monoisotopic (exact) mass is 502 g/mol. The molecule has 0 radical (unpaired) electrons. The van der Waals surface area contributed by atoms with Gasteiger partial charge in [0.2, 0.25) is 0 Å². The number of nitrogens with one attached hydrogen (secondary N) is 2. The van der Waals surface area contributed by atoms with E-state index in [0.717, 1.165) is 0 Å². The number of H-pyrrole nitrogens is 1. The van der Waals surface area contributed by atoms with E-state index in [9.17, 15) is 24.9 Å². The number of anilines is 1. The minimum atomic E-state index is -1.54. The highest BCUT2D eigenvalue weighted by Gasteiger charge is 2.45. The van der Waals surface area contributed by atoms with Gasteiger partial charge in [0.25, 0.3) is 5.91 Å². The fourth-order valence-electron chi connectivity index (χ4n) is 3.44. The first-order chi connectivity index (χ1) is 15.8. The molecule has 15 heteroatoms. The number of hydroxylamine groups is 1. The number of hydrogen-bond acceptors (Lipinski definition) is 12. The van der Waals surface area contributed by atoms with Gasteiger partial charge in [-0.05, 0) is 20.3 Å². The summed E-state index contributed by atoms with van der Waals surface area (Å²) in [6.07, 6.45) is -3.65. The summed E-state index contributed by atoms with van der Waals surface area (Å²) in [5, 5.41) is 31.8. The van der Waals surface area contributed by atoms with E-state index in [2.05, 4.69) is 28.1 Å². The molecular formula is C19H30N6O8S. The Bertz CT molecular complexity index is 1100. The molecule has 14 nitrogen and oxygen atoms in total. The number of amides is 1. The Labute approximate surface area is 199 Å². The van der Waals surface area contributed by atoms with Crippen LogP contribution in [0.25, 0.3) is 11.0 Å². The van der Waals surface area contributed by atoms with Gasteiger partial charge < -0.3 is 40.8 Å². The van der Waals surface area contributed by atoms with Crippen molar-refractivity contribution in [3.63, 3.8) is 0 Å². The number of aliphatic hydroxyl groups is 3. The SMILES string of the molecule is CCC(O)(COCC1OC(n2cc(C(N)=O)c3c(N)[nH]c(=O)nc32)C(O)C1O)NOC(C)(C)S. The predicted molar refractivity (Wildman–Crippen MR) is 123 cm³/mol. The first-order valence-electron chi connectivity index (χ1n) is 10.5. The maximum atomic E-state index is 11.9. The van der Waals surface area contributed by atoms with Gasteiger partial charge in [0, 0.05) is 6.20 Å². The number of nitrogens with zero attached hydrogens (tertiary/aromatic N) is 2. The number of nitrogen functional groups attached to an aromatic ring is 1. The summed E-state index contributed by atoms with van der Waals surface area (Å²) in [6.45, 7) is 4.62. The fourth-order valence-corrected chi connectivity index (χ4v) is 3.49.